The predicted octanol–water partition coefficient (Wildman–Crippen LogP) is 3.27. The van der Waals surface area contributed by atoms with Crippen molar-refractivity contribution in [3.05, 3.63) is 41.6 Å². The highest BCUT2D eigenvalue weighted by molar-refractivity contribution is 5.76. The number of rotatable bonds is 6. The number of aromatic nitrogens is 1. The van der Waals surface area contributed by atoms with E-state index in [9.17, 15) is 5.26 Å². The van der Waals surface area contributed by atoms with Crippen molar-refractivity contribution in [1.29, 1.82) is 5.26 Å². The third kappa shape index (κ3) is 4.24. The summed E-state index contributed by atoms with van der Waals surface area (Å²) in [5.41, 5.74) is 8.98. The highest BCUT2D eigenvalue weighted by Crippen LogP contribution is 2.31. The van der Waals surface area contributed by atoms with Crippen molar-refractivity contribution in [2.24, 2.45) is 0 Å². The van der Waals surface area contributed by atoms with Crippen LogP contribution in [-0.2, 0) is 0 Å². The number of nitrogens with two attached hydrogens (primary N) is 1. The monoisotopic (exact) mass is 324 g/mol. The lowest BCUT2D eigenvalue weighted by atomic mass is 9.97. The summed E-state index contributed by atoms with van der Waals surface area (Å²) < 4.78 is 5.79. The van der Waals surface area contributed by atoms with Crippen molar-refractivity contribution < 1.29 is 4.74 Å². The average Bonchev–Trinajstić information content (AvgIpc) is 2.54. The second-order valence-electron chi connectivity index (χ2n) is 6.30. The molecule has 2 aromatic rings. The van der Waals surface area contributed by atoms with Crippen LogP contribution in [0.15, 0.2) is 30.3 Å². The second kappa shape index (κ2) is 7.80. The molecule has 0 atom stereocenters. The number of anilines is 1. The van der Waals surface area contributed by atoms with E-state index in [1.807, 2.05) is 44.4 Å². The summed E-state index contributed by atoms with van der Waals surface area (Å²) in [6.07, 6.45) is 0. The Balaban J connectivity index is 2.39. The molecule has 0 spiro atoms. The average molecular weight is 324 g/mol. The van der Waals surface area contributed by atoms with E-state index >= 15 is 0 Å². The Hall–Kier alpha value is -2.58. The third-order valence-electron chi connectivity index (χ3n) is 3.72. The van der Waals surface area contributed by atoms with Gasteiger partial charge in [0.25, 0.3) is 0 Å². The Morgan fingerprint density at radius 1 is 1.29 bits per heavy atom. The summed E-state index contributed by atoms with van der Waals surface area (Å²) in [7, 11) is 4.01. The number of nitrogens with zero attached hydrogens (tertiary/aromatic N) is 3. The van der Waals surface area contributed by atoms with Crippen LogP contribution in [0.3, 0.4) is 0 Å². The number of hydrogen-bond donors (Lipinski definition) is 1. The first-order chi connectivity index (χ1) is 11.4. The number of likely N-dealkylation sites (N-methyl/N-ethyl adjacent to an activating group) is 1. The minimum absolute atomic E-state index is 0.235. The fraction of sp³-hybridized carbons (Fsp3) is 0.368. The zero-order valence-electron chi connectivity index (χ0n) is 14.7. The highest BCUT2D eigenvalue weighted by atomic mass is 16.5. The summed E-state index contributed by atoms with van der Waals surface area (Å²) in [5.74, 6) is 1.29. The molecule has 126 valence electrons. The van der Waals surface area contributed by atoms with Gasteiger partial charge in [-0.3, -0.25) is 0 Å². The van der Waals surface area contributed by atoms with Crippen molar-refractivity contribution in [2.75, 3.05) is 33.0 Å². The van der Waals surface area contributed by atoms with Crippen LogP contribution in [0, 0.1) is 11.3 Å². The number of ether oxygens (including phenoxy) is 1. The van der Waals surface area contributed by atoms with Crippen molar-refractivity contribution in [1.82, 2.24) is 9.88 Å². The van der Waals surface area contributed by atoms with Gasteiger partial charge in [0.05, 0.1) is 0 Å². The van der Waals surface area contributed by atoms with E-state index in [0.29, 0.717) is 12.2 Å². The summed E-state index contributed by atoms with van der Waals surface area (Å²) in [4.78, 5) is 6.41. The molecule has 0 unspecified atom stereocenters. The van der Waals surface area contributed by atoms with Crippen LogP contribution in [0.2, 0.25) is 0 Å². The summed E-state index contributed by atoms with van der Waals surface area (Å²) in [5, 5.41) is 9.46. The van der Waals surface area contributed by atoms with E-state index in [0.717, 1.165) is 29.1 Å². The fourth-order valence-corrected chi connectivity index (χ4v) is 2.33. The van der Waals surface area contributed by atoms with E-state index in [4.69, 9.17) is 10.5 Å². The van der Waals surface area contributed by atoms with Gasteiger partial charge in [0.2, 0.25) is 0 Å². The van der Waals surface area contributed by atoms with E-state index in [1.165, 1.54) is 0 Å². The Labute approximate surface area is 143 Å². The van der Waals surface area contributed by atoms with Crippen molar-refractivity contribution in [3.8, 4) is 22.9 Å². The van der Waals surface area contributed by atoms with Gasteiger partial charge in [0.1, 0.15) is 29.8 Å². The maximum atomic E-state index is 9.46. The molecule has 5 heteroatoms. The number of pyridine rings is 1. The lowest BCUT2D eigenvalue weighted by Crippen LogP contribution is -2.19. The SMILES string of the molecule is CC(C)c1cc(-c2cccc(OCCN(C)C)c2)c(C#N)c(N)n1. The normalized spacial score (nSPS) is 10.9. The van der Waals surface area contributed by atoms with Gasteiger partial charge < -0.3 is 15.4 Å². The molecule has 0 saturated carbocycles. The van der Waals surface area contributed by atoms with Crippen molar-refractivity contribution in [3.63, 3.8) is 0 Å². The number of benzene rings is 1. The first kappa shape index (κ1) is 17.8. The molecule has 0 amide bonds. The molecule has 1 heterocycles. The maximum Gasteiger partial charge on any atom is 0.142 e. The molecule has 2 rings (SSSR count). The standard InChI is InChI=1S/C19H24N4O/c1-13(2)18-11-16(17(12-20)19(21)22-18)14-6-5-7-15(10-14)24-9-8-23(3)4/h5-7,10-11,13H,8-9H2,1-4H3,(H2,21,22). The molecule has 0 aliphatic rings. The molecule has 1 aromatic carbocycles. The molecular formula is C19H24N4O. The smallest absolute Gasteiger partial charge is 0.142 e. The quantitative estimate of drug-likeness (QED) is 0.882. The van der Waals surface area contributed by atoms with Crippen LogP contribution in [-0.4, -0.2) is 37.1 Å². The second-order valence-corrected chi connectivity index (χ2v) is 6.30. The van der Waals surface area contributed by atoms with Gasteiger partial charge in [-0.15, -0.1) is 0 Å². The molecule has 0 radical (unpaired) electrons. The zero-order valence-corrected chi connectivity index (χ0v) is 14.7. The zero-order chi connectivity index (χ0) is 17.7. The number of nitriles is 1. The Morgan fingerprint density at radius 3 is 2.67 bits per heavy atom. The largest absolute Gasteiger partial charge is 0.492 e. The molecule has 24 heavy (non-hydrogen) atoms. The summed E-state index contributed by atoms with van der Waals surface area (Å²) in [6.45, 7) is 5.56. The minimum atomic E-state index is 0.235. The molecule has 1 aromatic heterocycles. The van der Waals surface area contributed by atoms with Crippen molar-refractivity contribution >= 4 is 5.82 Å². The minimum Gasteiger partial charge on any atom is -0.492 e. The van der Waals surface area contributed by atoms with Gasteiger partial charge in [-0.2, -0.15) is 5.26 Å². The molecular weight excluding hydrogens is 300 g/mol. The van der Waals surface area contributed by atoms with Crippen LogP contribution >= 0.6 is 0 Å². The molecule has 0 saturated heterocycles. The highest BCUT2D eigenvalue weighted by Gasteiger charge is 2.14. The summed E-state index contributed by atoms with van der Waals surface area (Å²) in [6, 6.07) is 11.9. The van der Waals surface area contributed by atoms with Crippen molar-refractivity contribution in [2.45, 2.75) is 19.8 Å². The number of nitrogen functional groups attached to an aromatic ring is 1. The van der Waals surface area contributed by atoms with Gasteiger partial charge in [-0.05, 0) is 43.8 Å². The van der Waals surface area contributed by atoms with Gasteiger partial charge in [-0.25, -0.2) is 4.98 Å². The van der Waals surface area contributed by atoms with Gasteiger partial charge >= 0.3 is 0 Å². The van der Waals surface area contributed by atoms with E-state index in [2.05, 4.69) is 29.8 Å². The van der Waals surface area contributed by atoms with Crippen LogP contribution in [0.1, 0.15) is 31.0 Å². The molecule has 2 N–H and O–H groups in total. The first-order valence-corrected chi connectivity index (χ1v) is 8.01. The third-order valence-corrected chi connectivity index (χ3v) is 3.72. The Bertz CT molecular complexity index is 748. The first-order valence-electron chi connectivity index (χ1n) is 8.01. The molecule has 0 bridgehead atoms. The van der Waals surface area contributed by atoms with E-state index in [1.54, 1.807) is 0 Å². The topological polar surface area (TPSA) is 75.2 Å². The molecule has 0 fully saturated rings. The van der Waals surface area contributed by atoms with Crippen LogP contribution in [0.4, 0.5) is 5.82 Å². The maximum absolute atomic E-state index is 9.46. The predicted molar refractivity (Wildman–Crippen MR) is 96.9 cm³/mol. The Morgan fingerprint density at radius 2 is 2.04 bits per heavy atom. The van der Waals surface area contributed by atoms with Gasteiger partial charge in [0.15, 0.2) is 0 Å². The lowest BCUT2D eigenvalue weighted by molar-refractivity contribution is 0.261. The van der Waals surface area contributed by atoms with Crippen LogP contribution in [0.25, 0.3) is 11.1 Å². The molecule has 5 nitrogen and oxygen atoms in total. The van der Waals surface area contributed by atoms with Gasteiger partial charge in [0, 0.05) is 17.8 Å². The van der Waals surface area contributed by atoms with E-state index < -0.39 is 0 Å². The van der Waals surface area contributed by atoms with E-state index in [-0.39, 0.29) is 11.7 Å². The molecule has 0 aliphatic heterocycles. The number of hydrogen-bond acceptors (Lipinski definition) is 5. The Kier molecular flexibility index (Phi) is 5.78. The summed E-state index contributed by atoms with van der Waals surface area (Å²) >= 11 is 0. The van der Waals surface area contributed by atoms with Gasteiger partial charge in [-0.1, -0.05) is 26.0 Å². The molecule has 0 aliphatic carbocycles. The van der Waals surface area contributed by atoms with Crippen LogP contribution in [0.5, 0.6) is 5.75 Å². The van der Waals surface area contributed by atoms with Crippen LogP contribution < -0.4 is 10.5 Å². The lowest BCUT2D eigenvalue weighted by Gasteiger charge is -2.14. The fourth-order valence-electron chi connectivity index (χ4n) is 2.33.